The molecule has 3 aromatic rings. The van der Waals surface area contributed by atoms with E-state index in [-0.39, 0.29) is 0 Å². The fraction of sp³-hybridized carbons (Fsp3) is 0.214. The zero-order valence-corrected chi connectivity index (χ0v) is 20.2. The quantitative estimate of drug-likeness (QED) is 0.266. The summed E-state index contributed by atoms with van der Waals surface area (Å²) in [5.41, 5.74) is 5.97. The SMILES string of the molecule is CNc1cc(C)c(-c2cnn(C(=C/C=O)/C(C)=C\C=C\c3cccc(C(C)(C)C#N)c3)c2)cn1. The first-order chi connectivity index (χ1) is 16.3. The Balaban J connectivity index is 1.85. The van der Waals surface area contributed by atoms with Gasteiger partial charge in [-0.1, -0.05) is 42.5 Å². The monoisotopic (exact) mass is 451 g/mol. The molecule has 0 atom stereocenters. The van der Waals surface area contributed by atoms with Crippen LogP contribution in [0, 0.1) is 18.3 Å². The molecule has 2 aromatic heterocycles. The van der Waals surface area contributed by atoms with Crippen LogP contribution < -0.4 is 5.32 Å². The molecular formula is C28H29N5O. The van der Waals surface area contributed by atoms with E-state index >= 15 is 0 Å². The molecular weight excluding hydrogens is 422 g/mol. The average molecular weight is 452 g/mol. The van der Waals surface area contributed by atoms with Crippen LogP contribution in [0.15, 0.2) is 72.7 Å². The molecule has 0 amide bonds. The molecule has 1 aromatic carbocycles. The normalized spacial score (nSPS) is 12.6. The number of hydrogen-bond donors (Lipinski definition) is 1. The summed E-state index contributed by atoms with van der Waals surface area (Å²) in [6.45, 7) is 7.77. The van der Waals surface area contributed by atoms with Crippen molar-refractivity contribution in [3.8, 4) is 17.2 Å². The third kappa shape index (κ3) is 5.57. The van der Waals surface area contributed by atoms with E-state index in [0.29, 0.717) is 5.70 Å². The number of hydrogen-bond acceptors (Lipinski definition) is 5. The summed E-state index contributed by atoms with van der Waals surface area (Å²) >= 11 is 0. The summed E-state index contributed by atoms with van der Waals surface area (Å²) in [4.78, 5) is 15.7. The van der Waals surface area contributed by atoms with Gasteiger partial charge in [0, 0.05) is 36.6 Å². The number of benzene rings is 1. The van der Waals surface area contributed by atoms with Crippen LogP contribution in [0.2, 0.25) is 0 Å². The van der Waals surface area contributed by atoms with E-state index < -0.39 is 5.41 Å². The molecule has 0 fully saturated rings. The first kappa shape index (κ1) is 24.4. The lowest BCUT2D eigenvalue weighted by Crippen LogP contribution is -2.13. The van der Waals surface area contributed by atoms with Gasteiger partial charge in [0.1, 0.15) is 12.1 Å². The molecule has 2 heterocycles. The maximum Gasteiger partial charge on any atom is 0.144 e. The van der Waals surface area contributed by atoms with E-state index in [1.165, 1.54) is 6.08 Å². The maximum absolute atomic E-state index is 11.3. The van der Waals surface area contributed by atoms with Crippen LogP contribution in [-0.2, 0) is 10.2 Å². The van der Waals surface area contributed by atoms with E-state index in [0.717, 1.165) is 45.5 Å². The Hall–Kier alpha value is -4.24. The lowest BCUT2D eigenvalue weighted by molar-refractivity contribution is -0.104. The Labute approximate surface area is 201 Å². The highest BCUT2D eigenvalue weighted by atomic mass is 16.1. The zero-order valence-electron chi connectivity index (χ0n) is 20.2. The first-order valence-electron chi connectivity index (χ1n) is 11.0. The van der Waals surface area contributed by atoms with E-state index in [1.54, 1.807) is 10.9 Å². The van der Waals surface area contributed by atoms with Gasteiger partial charge < -0.3 is 5.32 Å². The number of allylic oxidation sites excluding steroid dienone is 5. The van der Waals surface area contributed by atoms with Crippen molar-refractivity contribution in [1.29, 1.82) is 5.26 Å². The highest BCUT2D eigenvalue weighted by molar-refractivity contribution is 5.81. The number of nitriles is 1. The van der Waals surface area contributed by atoms with Crippen LogP contribution in [0.5, 0.6) is 0 Å². The van der Waals surface area contributed by atoms with Crippen molar-refractivity contribution in [2.45, 2.75) is 33.1 Å². The van der Waals surface area contributed by atoms with Crippen LogP contribution in [0.3, 0.4) is 0 Å². The number of pyridine rings is 1. The summed E-state index contributed by atoms with van der Waals surface area (Å²) in [6.07, 6.45) is 13.6. The number of nitrogens with one attached hydrogen (secondary N) is 1. The molecule has 1 N–H and O–H groups in total. The lowest BCUT2D eigenvalue weighted by Gasteiger charge is -2.15. The van der Waals surface area contributed by atoms with Gasteiger partial charge in [0.25, 0.3) is 0 Å². The van der Waals surface area contributed by atoms with Crippen molar-refractivity contribution in [2.75, 3.05) is 12.4 Å². The Morgan fingerprint density at radius 1 is 1.21 bits per heavy atom. The molecule has 0 radical (unpaired) electrons. The standard InChI is InChI=1S/C28H29N5O/c1-20(8-6-9-22-10-7-11-24(15-22)28(3,4)19-29)26(12-13-34)33-18-23(16-32-33)25-17-31-27(30-5)14-21(25)2/h6-18H,1-5H3,(H,30,31)/b9-6+,20-8-,26-12+. The van der Waals surface area contributed by atoms with Gasteiger partial charge in [0.2, 0.25) is 0 Å². The summed E-state index contributed by atoms with van der Waals surface area (Å²) in [6, 6.07) is 12.2. The van der Waals surface area contributed by atoms with Gasteiger partial charge in [0.15, 0.2) is 0 Å². The van der Waals surface area contributed by atoms with Crippen molar-refractivity contribution in [3.05, 3.63) is 89.4 Å². The minimum Gasteiger partial charge on any atom is -0.373 e. The minimum atomic E-state index is -0.547. The molecule has 0 saturated carbocycles. The van der Waals surface area contributed by atoms with E-state index in [4.69, 9.17) is 0 Å². The smallest absolute Gasteiger partial charge is 0.144 e. The van der Waals surface area contributed by atoms with Crippen LogP contribution in [0.25, 0.3) is 22.9 Å². The van der Waals surface area contributed by atoms with E-state index in [2.05, 4.69) is 21.5 Å². The van der Waals surface area contributed by atoms with Gasteiger partial charge in [-0.25, -0.2) is 9.67 Å². The first-order valence-corrected chi connectivity index (χ1v) is 11.0. The predicted molar refractivity (Wildman–Crippen MR) is 138 cm³/mol. The number of rotatable bonds is 8. The number of anilines is 1. The van der Waals surface area contributed by atoms with Gasteiger partial charge in [-0.15, -0.1) is 0 Å². The van der Waals surface area contributed by atoms with Crippen LogP contribution in [-0.4, -0.2) is 28.1 Å². The minimum absolute atomic E-state index is 0.547. The summed E-state index contributed by atoms with van der Waals surface area (Å²) < 4.78 is 1.70. The molecule has 34 heavy (non-hydrogen) atoms. The van der Waals surface area contributed by atoms with E-state index in [1.807, 2.05) is 95.7 Å². The molecule has 3 rings (SSSR count). The van der Waals surface area contributed by atoms with Crippen molar-refractivity contribution in [2.24, 2.45) is 0 Å². The predicted octanol–water partition coefficient (Wildman–Crippen LogP) is 5.80. The number of aryl methyl sites for hydroxylation is 1. The number of aromatic nitrogens is 3. The van der Waals surface area contributed by atoms with Crippen molar-refractivity contribution in [1.82, 2.24) is 14.8 Å². The Bertz CT molecular complexity index is 1320. The maximum atomic E-state index is 11.3. The van der Waals surface area contributed by atoms with Gasteiger partial charge in [-0.2, -0.15) is 10.4 Å². The molecule has 0 unspecified atom stereocenters. The van der Waals surface area contributed by atoms with E-state index in [9.17, 15) is 10.1 Å². The fourth-order valence-corrected chi connectivity index (χ4v) is 3.53. The van der Waals surface area contributed by atoms with Gasteiger partial charge in [0.05, 0.1) is 23.4 Å². The summed E-state index contributed by atoms with van der Waals surface area (Å²) in [5, 5.41) is 16.9. The number of nitrogens with zero attached hydrogens (tertiary/aromatic N) is 4. The highest BCUT2D eigenvalue weighted by Gasteiger charge is 2.19. The molecule has 0 aliphatic rings. The topological polar surface area (TPSA) is 83.6 Å². The molecule has 0 aliphatic heterocycles. The van der Waals surface area contributed by atoms with Gasteiger partial charge >= 0.3 is 0 Å². The molecule has 0 spiro atoms. The second-order valence-electron chi connectivity index (χ2n) is 8.57. The van der Waals surface area contributed by atoms with Crippen molar-refractivity contribution in [3.63, 3.8) is 0 Å². The largest absolute Gasteiger partial charge is 0.373 e. The number of carbonyl (C=O) groups excluding carboxylic acids is 1. The van der Waals surface area contributed by atoms with Gasteiger partial charge in [-0.3, -0.25) is 4.79 Å². The Morgan fingerprint density at radius 2 is 2.00 bits per heavy atom. The van der Waals surface area contributed by atoms with Crippen molar-refractivity contribution >= 4 is 23.9 Å². The Kier molecular flexibility index (Phi) is 7.60. The molecule has 0 saturated heterocycles. The van der Waals surface area contributed by atoms with Gasteiger partial charge in [-0.05, 0) is 56.0 Å². The van der Waals surface area contributed by atoms with Crippen LogP contribution >= 0.6 is 0 Å². The number of aldehydes is 1. The Morgan fingerprint density at radius 3 is 2.68 bits per heavy atom. The summed E-state index contributed by atoms with van der Waals surface area (Å²) in [7, 11) is 1.84. The molecule has 0 bridgehead atoms. The zero-order chi connectivity index (χ0) is 24.7. The molecule has 172 valence electrons. The molecule has 6 heteroatoms. The van der Waals surface area contributed by atoms with Crippen LogP contribution in [0.1, 0.15) is 37.5 Å². The molecule has 6 nitrogen and oxygen atoms in total. The average Bonchev–Trinajstić information content (AvgIpc) is 3.32. The second kappa shape index (κ2) is 10.6. The third-order valence-corrected chi connectivity index (χ3v) is 5.66. The highest BCUT2D eigenvalue weighted by Crippen LogP contribution is 2.26. The fourth-order valence-electron chi connectivity index (χ4n) is 3.53. The number of carbonyl (C=O) groups is 1. The second-order valence-corrected chi connectivity index (χ2v) is 8.57. The van der Waals surface area contributed by atoms with Crippen LogP contribution in [0.4, 0.5) is 5.82 Å². The third-order valence-electron chi connectivity index (χ3n) is 5.66. The van der Waals surface area contributed by atoms with Crippen molar-refractivity contribution < 1.29 is 4.79 Å². The summed E-state index contributed by atoms with van der Waals surface area (Å²) in [5.74, 6) is 0.808. The lowest BCUT2D eigenvalue weighted by atomic mass is 9.85. The molecule has 0 aliphatic carbocycles.